The molecule has 82 valence electrons. The van der Waals surface area contributed by atoms with Gasteiger partial charge in [-0.3, -0.25) is 9.78 Å². The highest BCUT2D eigenvalue weighted by Gasteiger charge is 2.07. The monoisotopic (exact) mass is 209 g/mol. The molecular weight excluding hydrogens is 194 g/mol. The lowest BCUT2D eigenvalue weighted by Gasteiger charge is -1.93. The summed E-state index contributed by atoms with van der Waals surface area (Å²) in [5.74, 6) is 0.0999. The molecule has 2 aromatic rings. The van der Waals surface area contributed by atoms with Crippen LogP contribution >= 0.6 is 0 Å². The Labute approximate surface area is 86.7 Å². The summed E-state index contributed by atoms with van der Waals surface area (Å²) in [6.45, 7) is 4.30. The molecule has 15 heavy (non-hydrogen) atoms. The summed E-state index contributed by atoms with van der Waals surface area (Å²) in [5.41, 5.74) is 11.7. The minimum absolute atomic E-state index is 0.0999. The van der Waals surface area contributed by atoms with Crippen molar-refractivity contribution in [3.05, 3.63) is 22.1 Å². The van der Waals surface area contributed by atoms with Crippen LogP contribution in [0.4, 0.5) is 5.95 Å². The molecule has 0 bridgehead atoms. The zero-order valence-electron chi connectivity index (χ0n) is 8.79. The van der Waals surface area contributed by atoms with Gasteiger partial charge in [-0.2, -0.15) is 4.98 Å². The average molecular weight is 209 g/mol. The first-order valence-electron chi connectivity index (χ1n) is 4.78. The van der Waals surface area contributed by atoms with Crippen molar-refractivity contribution in [2.24, 2.45) is 5.73 Å². The molecule has 6 nitrogen and oxygen atoms in total. The fraction of sp³-hybridized carbons (Fsp3) is 0.333. The molecule has 0 fully saturated rings. The molecule has 6 heteroatoms. The molecule has 0 saturated heterocycles. The summed E-state index contributed by atoms with van der Waals surface area (Å²) < 4.78 is 0. The number of nitrogens with one attached hydrogen (secondary N) is 2. The number of aromatic nitrogens is 3. The highest BCUT2D eigenvalue weighted by atomic mass is 16.1. The van der Waals surface area contributed by atoms with E-state index in [4.69, 9.17) is 11.5 Å². The molecule has 6 N–H and O–H groups in total. The van der Waals surface area contributed by atoms with Crippen molar-refractivity contribution < 1.29 is 0 Å². The van der Waals surface area contributed by atoms with E-state index in [9.17, 15) is 4.79 Å². The predicted octanol–water partition coefficient (Wildman–Crippen LogP) is 0.318. The van der Waals surface area contributed by atoms with E-state index in [1.165, 1.54) is 0 Å². The van der Waals surface area contributed by atoms with E-state index < -0.39 is 0 Å². The van der Waals surface area contributed by atoms with Gasteiger partial charge in [-0.15, -0.1) is 0 Å². The number of aromatic amines is 2. The number of fused-ring (bicyclic) bond motifs is 1. The minimum Gasteiger partial charge on any atom is -0.369 e. The first kappa shape index (κ1) is 11.3. The number of hydrogen-bond donors (Lipinski definition) is 4. The number of hydrogen-bond acceptors (Lipinski definition) is 4. The van der Waals surface area contributed by atoms with Crippen molar-refractivity contribution in [2.75, 3.05) is 5.73 Å². The highest BCUT2D eigenvalue weighted by molar-refractivity contribution is 5.79. The van der Waals surface area contributed by atoms with E-state index in [0.29, 0.717) is 17.6 Å². The SMILES string of the molecule is CC.NCc1c[nH]c2nc(N)[nH]c(=O)c12. The molecule has 0 atom stereocenters. The average Bonchev–Trinajstić information content (AvgIpc) is 2.63. The van der Waals surface area contributed by atoms with Crippen LogP contribution in [0.1, 0.15) is 19.4 Å². The van der Waals surface area contributed by atoms with E-state index in [1.54, 1.807) is 6.20 Å². The van der Waals surface area contributed by atoms with Crippen molar-refractivity contribution in [1.82, 2.24) is 15.0 Å². The van der Waals surface area contributed by atoms with Gasteiger partial charge in [0.1, 0.15) is 5.65 Å². The van der Waals surface area contributed by atoms with Crippen LogP contribution in [0, 0.1) is 0 Å². The Balaban J connectivity index is 0.000000531. The van der Waals surface area contributed by atoms with E-state index in [2.05, 4.69) is 15.0 Å². The summed E-state index contributed by atoms with van der Waals surface area (Å²) >= 11 is 0. The summed E-state index contributed by atoms with van der Waals surface area (Å²) in [6, 6.07) is 0. The molecule has 0 amide bonds. The van der Waals surface area contributed by atoms with Gasteiger partial charge in [0.15, 0.2) is 0 Å². The summed E-state index contributed by atoms with van der Waals surface area (Å²) in [4.78, 5) is 20.5. The third-order valence-corrected chi connectivity index (χ3v) is 1.86. The highest BCUT2D eigenvalue weighted by Crippen LogP contribution is 2.10. The normalized spacial score (nSPS) is 9.80. The van der Waals surface area contributed by atoms with E-state index in [0.717, 1.165) is 5.56 Å². The Morgan fingerprint density at radius 2 is 2.13 bits per heavy atom. The third-order valence-electron chi connectivity index (χ3n) is 1.86. The van der Waals surface area contributed by atoms with E-state index in [-0.39, 0.29) is 11.5 Å². The van der Waals surface area contributed by atoms with Gasteiger partial charge >= 0.3 is 0 Å². The summed E-state index contributed by atoms with van der Waals surface area (Å²) in [5, 5.41) is 0.483. The first-order valence-corrected chi connectivity index (χ1v) is 4.78. The van der Waals surface area contributed by atoms with Crippen LogP contribution in [0.15, 0.2) is 11.0 Å². The standard InChI is InChI=1S/C7H9N5O.C2H6/c8-1-3-2-10-5-4(3)6(13)12-7(9)11-5;1-2/h2H,1,8H2,(H4,9,10,11,12,13);1-2H3. The Morgan fingerprint density at radius 1 is 1.47 bits per heavy atom. The van der Waals surface area contributed by atoms with Gasteiger partial charge in [0.25, 0.3) is 5.56 Å². The summed E-state index contributed by atoms with van der Waals surface area (Å²) in [6.07, 6.45) is 1.66. The maximum atomic E-state index is 11.4. The van der Waals surface area contributed by atoms with Crippen LogP contribution in [-0.4, -0.2) is 15.0 Å². The van der Waals surface area contributed by atoms with E-state index >= 15 is 0 Å². The van der Waals surface area contributed by atoms with Gasteiger partial charge < -0.3 is 16.5 Å². The van der Waals surface area contributed by atoms with Gasteiger partial charge in [-0.25, -0.2) is 0 Å². The second-order valence-electron chi connectivity index (χ2n) is 2.69. The lowest BCUT2D eigenvalue weighted by molar-refractivity contribution is 1.08. The molecule has 0 aliphatic heterocycles. The van der Waals surface area contributed by atoms with Crippen LogP contribution in [0.2, 0.25) is 0 Å². The van der Waals surface area contributed by atoms with Crippen LogP contribution in [0.3, 0.4) is 0 Å². The number of nitrogen functional groups attached to an aromatic ring is 1. The van der Waals surface area contributed by atoms with Crippen molar-refractivity contribution in [2.45, 2.75) is 20.4 Å². The molecular formula is C9H15N5O. The molecule has 0 aliphatic rings. The Kier molecular flexibility index (Phi) is 3.46. The van der Waals surface area contributed by atoms with Gasteiger partial charge in [0.05, 0.1) is 5.39 Å². The lowest BCUT2D eigenvalue weighted by atomic mass is 10.2. The van der Waals surface area contributed by atoms with Crippen LogP contribution < -0.4 is 17.0 Å². The maximum Gasteiger partial charge on any atom is 0.262 e. The van der Waals surface area contributed by atoms with Gasteiger partial charge in [0, 0.05) is 12.7 Å². The lowest BCUT2D eigenvalue weighted by Crippen LogP contribution is -2.12. The molecule has 0 aromatic carbocycles. The molecule has 0 saturated carbocycles. The topological polar surface area (TPSA) is 114 Å². The van der Waals surface area contributed by atoms with Crippen molar-refractivity contribution in [3.8, 4) is 0 Å². The van der Waals surface area contributed by atoms with E-state index in [1.807, 2.05) is 13.8 Å². The maximum absolute atomic E-state index is 11.4. The number of nitrogens with zero attached hydrogens (tertiary/aromatic N) is 1. The second-order valence-corrected chi connectivity index (χ2v) is 2.69. The second kappa shape index (κ2) is 4.61. The minimum atomic E-state index is -0.260. The summed E-state index contributed by atoms with van der Waals surface area (Å²) in [7, 11) is 0. The molecule has 0 radical (unpaired) electrons. The predicted molar refractivity (Wildman–Crippen MR) is 60.4 cm³/mol. The van der Waals surface area contributed by atoms with Crippen molar-refractivity contribution in [1.29, 1.82) is 0 Å². The van der Waals surface area contributed by atoms with Gasteiger partial charge in [0.2, 0.25) is 5.95 Å². The fourth-order valence-electron chi connectivity index (χ4n) is 1.28. The zero-order valence-corrected chi connectivity index (χ0v) is 8.79. The van der Waals surface area contributed by atoms with Crippen LogP contribution in [-0.2, 0) is 6.54 Å². The Hall–Kier alpha value is -1.82. The molecule has 0 spiro atoms. The van der Waals surface area contributed by atoms with Crippen LogP contribution in [0.5, 0.6) is 0 Å². The largest absolute Gasteiger partial charge is 0.369 e. The van der Waals surface area contributed by atoms with Gasteiger partial charge in [-0.05, 0) is 5.56 Å². The zero-order chi connectivity index (χ0) is 11.4. The number of anilines is 1. The molecule has 0 aliphatic carbocycles. The van der Waals surface area contributed by atoms with Crippen molar-refractivity contribution in [3.63, 3.8) is 0 Å². The fourth-order valence-corrected chi connectivity index (χ4v) is 1.28. The molecule has 2 heterocycles. The quantitative estimate of drug-likeness (QED) is 0.541. The Bertz CT molecular complexity index is 499. The molecule has 0 unspecified atom stereocenters. The molecule has 2 rings (SSSR count). The molecule has 2 aromatic heterocycles. The number of H-pyrrole nitrogens is 2. The van der Waals surface area contributed by atoms with Gasteiger partial charge in [-0.1, -0.05) is 13.8 Å². The van der Waals surface area contributed by atoms with Crippen molar-refractivity contribution >= 4 is 17.0 Å². The number of rotatable bonds is 1. The Morgan fingerprint density at radius 3 is 2.73 bits per heavy atom. The van der Waals surface area contributed by atoms with Crippen LogP contribution in [0.25, 0.3) is 11.0 Å². The third kappa shape index (κ3) is 1.99. The first-order chi connectivity index (χ1) is 7.22. The smallest absolute Gasteiger partial charge is 0.262 e. The number of nitrogens with two attached hydrogens (primary N) is 2.